The van der Waals surface area contributed by atoms with E-state index >= 15 is 0 Å². The van der Waals surface area contributed by atoms with Gasteiger partial charge in [0.15, 0.2) is 0 Å². The Morgan fingerprint density at radius 3 is 1.30 bits per heavy atom. The van der Waals surface area contributed by atoms with Crippen LogP contribution >= 0.6 is 11.8 Å². The summed E-state index contributed by atoms with van der Waals surface area (Å²) in [6, 6.07) is 103. The second-order valence-corrected chi connectivity index (χ2v) is 24.7. The van der Waals surface area contributed by atoms with Crippen LogP contribution in [0.1, 0.15) is 26.3 Å². The van der Waals surface area contributed by atoms with Gasteiger partial charge in [0, 0.05) is 65.2 Å². The minimum absolute atomic E-state index is 0.0885. The van der Waals surface area contributed by atoms with E-state index in [9.17, 15) is 0 Å². The van der Waals surface area contributed by atoms with Gasteiger partial charge in [0.25, 0.3) is 0 Å². The fraction of sp³-hybridized carbons (Fsp3) is 0.0513. The number of anilines is 3. The van der Waals surface area contributed by atoms with Crippen molar-refractivity contribution in [2.45, 2.75) is 36.0 Å². The normalized spacial score (nSPS) is 12.9. The third-order valence-corrected chi connectivity index (χ3v) is 19.0. The first kappa shape index (κ1) is 48.0. The number of hydrogen-bond donors (Lipinski definition) is 0. The van der Waals surface area contributed by atoms with E-state index in [1.165, 1.54) is 136 Å². The van der Waals surface area contributed by atoms with Gasteiger partial charge in [-0.05, 0) is 145 Å². The summed E-state index contributed by atoms with van der Waals surface area (Å²) in [6.45, 7) is 6.95. The van der Waals surface area contributed by atoms with Gasteiger partial charge in [-0.2, -0.15) is 0 Å². The first-order chi connectivity index (χ1) is 40.8. The Bertz CT molecular complexity index is 4960. The van der Waals surface area contributed by atoms with Crippen LogP contribution in [0.25, 0.3) is 110 Å². The second-order valence-electron chi connectivity index (χ2n) is 23.6. The standard InChI is InChI=1S/C78H54BN3S/c1-78(2,3)54-45-63(49-22-6-4-7-23-49)77(64(46-54)50-24-8-5-9-25-50)82-71-47-55(80-67-34-18-14-30-59(67)60-31-15-19-35-68(60)80)38-40-65(71)79-66-41-39-56(81-69-36-20-16-32-61(69)62-33-17-21-37-70(62)81)48-73(66)83-74-44-53(43-72(82)76(74)79)75-57-28-12-10-26-51(57)42-52-27-11-13-29-58(52)75/h4-48H,1-3H3. The molecule has 0 saturated heterocycles. The van der Waals surface area contributed by atoms with Gasteiger partial charge in [0.1, 0.15) is 0 Å². The largest absolute Gasteiger partial charge is 0.310 e. The van der Waals surface area contributed by atoms with Gasteiger partial charge in [-0.1, -0.05) is 232 Å². The third-order valence-electron chi connectivity index (χ3n) is 17.8. The molecule has 0 atom stereocenters. The molecule has 2 aliphatic rings. The molecular weight excluding hydrogens is 1020 g/mol. The van der Waals surface area contributed by atoms with Crippen LogP contribution in [0.4, 0.5) is 17.1 Å². The molecule has 0 unspecified atom stereocenters. The molecule has 0 amide bonds. The summed E-state index contributed by atoms with van der Waals surface area (Å²) in [5, 5.41) is 9.95. The van der Waals surface area contributed by atoms with E-state index in [1.807, 2.05) is 11.8 Å². The molecule has 3 nitrogen and oxygen atoms in total. The zero-order valence-electron chi connectivity index (χ0n) is 46.3. The smallest absolute Gasteiger partial charge is 0.249 e. The van der Waals surface area contributed by atoms with E-state index in [0.717, 1.165) is 22.7 Å². The van der Waals surface area contributed by atoms with Crippen LogP contribution in [0.2, 0.25) is 0 Å². The minimum Gasteiger partial charge on any atom is -0.310 e. The molecule has 4 heterocycles. The maximum Gasteiger partial charge on any atom is 0.249 e. The third kappa shape index (κ3) is 7.34. The molecule has 17 rings (SSSR count). The van der Waals surface area contributed by atoms with Crippen molar-refractivity contribution in [1.29, 1.82) is 0 Å². The molecule has 0 saturated carbocycles. The lowest BCUT2D eigenvalue weighted by Gasteiger charge is -2.42. The van der Waals surface area contributed by atoms with Crippen molar-refractivity contribution in [2.75, 3.05) is 4.90 Å². The Morgan fingerprint density at radius 2 is 0.795 bits per heavy atom. The Balaban J connectivity index is 1.03. The van der Waals surface area contributed by atoms with Crippen LogP contribution in [0.5, 0.6) is 0 Å². The maximum atomic E-state index is 2.70. The molecule has 0 spiro atoms. The van der Waals surface area contributed by atoms with E-state index in [4.69, 9.17) is 0 Å². The summed E-state index contributed by atoms with van der Waals surface area (Å²) in [4.78, 5) is 5.24. The average Bonchev–Trinajstić information content (AvgIpc) is 1.71. The van der Waals surface area contributed by atoms with Gasteiger partial charge in [-0.25, -0.2) is 0 Å². The van der Waals surface area contributed by atoms with E-state index in [-0.39, 0.29) is 12.1 Å². The van der Waals surface area contributed by atoms with Crippen molar-refractivity contribution in [3.63, 3.8) is 0 Å². The molecule has 0 N–H and O–H groups in total. The fourth-order valence-corrected chi connectivity index (χ4v) is 15.3. The molecule has 83 heavy (non-hydrogen) atoms. The Labute approximate surface area is 487 Å². The lowest BCUT2D eigenvalue weighted by molar-refractivity contribution is 0.591. The van der Waals surface area contributed by atoms with Crippen LogP contribution in [0.3, 0.4) is 0 Å². The van der Waals surface area contributed by atoms with Crippen molar-refractivity contribution >= 4 is 117 Å². The predicted octanol–water partition coefficient (Wildman–Crippen LogP) is 19.2. The van der Waals surface area contributed by atoms with Crippen LogP contribution in [-0.2, 0) is 5.41 Å². The van der Waals surface area contributed by atoms with Crippen LogP contribution in [-0.4, -0.2) is 15.8 Å². The van der Waals surface area contributed by atoms with Crippen molar-refractivity contribution in [1.82, 2.24) is 9.13 Å². The zero-order chi connectivity index (χ0) is 55.1. The number of para-hydroxylation sites is 4. The molecule has 0 radical (unpaired) electrons. The minimum atomic E-state index is -0.146. The van der Waals surface area contributed by atoms with E-state index in [2.05, 4.69) is 308 Å². The molecule has 5 heteroatoms. The number of rotatable bonds is 6. The fourth-order valence-electron chi connectivity index (χ4n) is 14.1. The molecule has 2 aromatic heterocycles. The molecule has 13 aromatic carbocycles. The molecule has 15 aromatic rings. The number of fused-ring (bicyclic) bond motifs is 12. The molecule has 0 aliphatic carbocycles. The summed E-state index contributed by atoms with van der Waals surface area (Å²) < 4.78 is 4.96. The monoisotopic (exact) mass is 1080 g/mol. The average molecular weight is 1080 g/mol. The first-order valence-electron chi connectivity index (χ1n) is 28.9. The number of nitrogens with zero attached hydrogens (tertiary/aromatic N) is 3. The SMILES string of the molecule is CC(C)(C)c1cc(-c2ccccc2)c(N2c3cc(-n4c5ccccc5c5ccccc54)ccc3B3c4ccc(-n5c6ccccc6c6ccccc65)cc4Sc4cc(-c5c6ccccc6cc6ccccc56)cc2c43)c(-c2ccccc2)c1. The van der Waals surface area contributed by atoms with Gasteiger partial charge >= 0.3 is 0 Å². The van der Waals surface area contributed by atoms with Gasteiger partial charge in [-0.3, -0.25) is 0 Å². The molecule has 0 bridgehead atoms. The topological polar surface area (TPSA) is 13.1 Å². The highest BCUT2D eigenvalue weighted by Crippen LogP contribution is 2.53. The van der Waals surface area contributed by atoms with Gasteiger partial charge in [0.05, 0.1) is 27.8 Å². The van der Waals surface area contributed by atoms with Crippen LogP contribution in [0, 0.1) is 0 Å². The van der Waals surface area contributed by atoms with Crippen LogP contribution < -0.4 is 21.3 Å². The van der Waals surface area contributed by atoms with E-state index in [0.29, 0.717) is 0 Å². The Morgan fingerprint density at radius 1 is 0.349 bits per heavy atom. The van der Waals surface area contributed by atoms with E-state index in [1.54, 1.807) is 0 Å². The summed E-state index contributed by atoms with van der Waals surface area (Å²) in [5.41, 5.74) is 22.8. The quantitative estimate of drug-likeness (QED) is 0.122. The summed E-state index contributed by atoms with van der Waals surface area (Å²) >= 11 is 1.93. The molecular formula is C78H54BN3S. The summed E-state index contributed by atoms with van der Waals surface area (Å²) in [6.07, 6.45) is 0. The highest BCUT2D eigenvalue weighted by molar-refractivity contribution is 8.00. The molecule has 390 valence electrons. The summed E-state index contributed by atoms with van der Waals surface area (Å²) in [5.74, 6) is 0. The number of hydrogen-bond acceptors (Lipinski definition) is 2. The highest BCUT2D eigenvalue weighted by atomic mass is 32.2. The second kappa shape index (κ2) is 18.4. The Kier molecular flexibility index (Phi) is 10.6. The van der Waals surface area contributed by atoms with Crippen molar-refractivity contribution in [2.24, 2.45) is 0 Å². The molecule has 2 aliphatic heterocycles. The Hall–Kier alpha value is -9.81. The van der Waals surface area contributed by atoms with Crippen molar-refractivity contribution in [3.05, 3.63) is 279 Å². The first-order valence-corrected chi connectivity index (χ1v) is 29.8. The number of benzene rings is 13. The predicted molar refractivity (Wildman–Crippen MR) is 355 cm³/mol. The maximum absolute atomic E-state index is 2.70. The highest BCUT2D eigenvalue weighted by Gasteiger charge is 2.43. The van der Waals surface area contributed by atoms with Gasteiger partial charge in [-0.15, -0.1) is 0 Å². The van der Waals surface area contributed by atoms with Gasteiger partial charge < -0.3 is 14.0 Å². The van der Waals surface area contributed by atoms with Crippen LogP contribution in [0.15, 0.2) is 283 Å². The lowest BCUT2D eigenvalue weighted by atomic mass is 9.34. The van der Waals surface area contributed by atoms with Crippen molar-refractivity contribution in [3.8, 4) is 44.8 Å². The summed E-state index contributed by atoms with van der Waals surface area (Å²) in [7, 11) is 0. The molecule has 0 fully saturated rings. The lowest BCUT2D eigenvalue weighted by Crippen LogP contribution is -2.60. The van der Waals surface area contributed by atoms with Crippen molar-refractivity contribution < 1.29 is 0 Å². The van der Waals surface area contributed by atoms with E-state index < -0.39 is 0 Å². The zero-order valence-corrected chi connectivity index (χ0v) is 47.1. The number of aromatic nitrogens is 2. The van der Waals surface area contributed by atoms with Gasteiger partial charge in [0.2, 0.25) is 6.71 Å².